The van der Waals surface area contributed by atoms with Crippen LogP contribution < -0.4 is 20.3 Å². The van der Waals surface area contributed by atoms with Crippen molar-refractivity contribution in [3.05, 3.63) is 23.2 Å². The maximum absolute atomic E-state index is 12.4. The average molecular weight is 450 g/mol. The van der Waals surface area contributed by atoms with Crippen LogP contribution in [0, 0.1) is 0 Å². The SMILES string of the molecule is CCNC(=NCC(=O)N(C)CC(F)(F)F)NC1CCN(c2cc(Cl)ccc2OC)C1. The molecule has 1 saturated heterocycles. The number of likely N-dealkylation sites (N-methyl/N-ethyl adjacent to an activating group) is 1. The van der Waals surface area contributed by atoms with Crippen molar-refractivity contribution < 1.29 is 22.7 Å². The Bertz CT molecular complexity index is 760. The van der Waals surface area contributed by atoms with Gasteiger partial charge in [-0.25, -0.2) is 4.99 Å². The summed E-state index contributed by atoms with van der Waals surface area (Å²) in [5.74, 6) is 0.399. The van der Waals surface area contributed by atoms with E-state index in [1.54, 1.807) is 13.2 Å². The fraction of sp³-hybridized carbons (Fsp3) is 0.579. The Morgan fingerprint density at radius 2 is 2.17 bits per heavy atom. The first kappa shape index (κ1) is 23.9. The van der Waals surface area contributed by atoms with Crippen molar-refractivity contribution in [3.8, 4) is 5.75 Å². The Balaban J connectivity index is 1.98. The minimum atomic E-state index is -4.44. The molecule has 1 heterocycles. The van der Waals surface area contributed by atoms with Gasteiger partial charge in [-0.1, -0.05) is 11.6 Å². The molecule has 1 aliphatic rings. The van der Waals surface area contributed by atoms with E-state index in [1.165, 1.54) is 0 Å². The Kier molecular flexibility index (Phi) is 8.45. The molecule has 30 heavy (non-hydrogen) atoms. The van der Waals surface area contributed by atoms with E-state index in [2.05, 4.69) is 20.5 Å². The second-order valence-corrected chi connectivity index (χ2v) is 7.39. The minimum Gasteiger partial charge on any atom is -0.495 e. The third kappa shape index (κ3) is 7.16. The highest BCUT2D eigenvalue weighted by molar-refractivity contribution is 6.30. The largest absolute Gasteiger partial charge is 0.495 e. The van der Waals surface area contributed by atoms with Crippen LogP contribution >= 0.6 is 11.6 Å². The van der Waals surface area contributed by atoms with Crippen LogP contribution in [-0.4, -0.2) is 75.9 Å². The molecule has 1 aromatic rings. The summed E-state index contributed by atoms with van der Waals surface area (Å²) in [6, 6.07) is 5.46. The number of guanidine groups is 1. The van der Waals surface area contributed by atoms with Gasteiger partial charge in [0, 0.05) is 37.7 Å². The van der Waals surface area contributed by atoms with Gasteiger partial charge in [-0.2, -0.15) is 13.2 Å². The van der Waals surface area contributed by atoms with Gasteiger partial charge >= 0.3 is 6.18 Å². The summed E-state index contributed by atoms with van der Waals surface area (Å²) in [5, 5.41) is 6.87. The molecule has 1 aromatic carbocycles. The van der Waals surface area contributed by atoms with Gasteiger partial charge < -0.3 is 25.2 Å². The molecule has 11 heteroatoms. The first-order valence-electron chi connectivity index (χ1n) is 9.57. The van der Waals surface area contributed by atoms with Crippen LogP contribution in [0.3, 0.4) is 0 Å². The molecule has 0 bridgehead atoms. The molecular formula is C19H27ClF3N5O2. The van der Waals surface area contributed by atoms with Crippen LogP contribution in [0.5, 0.6) is 5.75 Å². The molecule has 0 radical (unpaired) electrons. The molecule has 0 aromatic heterocycles. The van der Waals surface area contributed by atoms with E-state index in [9.17, 15) is 18.0 Å². The number of carbonyl (C=O) groups is 1. The Morgan fingerprint density at radius 1 is 1.43 bits per heavy atom. The molecule has 2 N–H and O–H groups in total. The molecule has 7 nitrogen and oxygen atoms in total. The number of methoxy groups -OCH3 is 1. The minimum absolute atomic E-state index is 0.0366. The van der Waals surface area contributed by atoms with Crippen molar-refractivity contribution in [1.82, 2.24) is 15.5 Å². The molecule has 0 saturated carbocycles. The normalized spacial score (nSPS) is 17.1. The number of anilines is 1. The summed E-state index contributed by atoms with van der Waals surface area (Å²) in [5.41, 5.74) is 0.889. The van der Waals surface area contributed by atoms with Gasteiger partial charge in [0.2, 0.25) is 5.91 Å². The molecule has 168 valence electrons. The van der Waals surface area contributed by atoms with Crippen molar-refractivity contribution in [2.45, 2.75) is 25.6 Å². The van der Waals surface area contributed by atoms with Gasteiger partial charge in [-0.3, -0.25) is 4.79 Å². The molecular weight excluding hydrogens is 423 g/mol. The average Bonchev–Trinajstić information content (AvgIpc) is 3.13. The number of ether oxygens (including phenoxy) is 1. The zero-order valence-electron chi connectivity index (χ0n) is 17.2. The number of nitrogens with one attached hydrogen (secondary N) is 2. The summed E-state index contributed by atoms with van der Waals surface area (Å²) >= 11 is 6.12. The summed E-state index contributed by atoms with van der Waals surface area (Å²) in [6.07, 6.45) is -3.63. The van der Waals surface area contributed by atoms with Crippen LogP contribution in [0.4, 0.5) is 18.9 Å². The lowest BCUT2D eigenvalue weighted by atomic mass is 10.2. The Labute approximate surface area is 179 Å². The number of halogens is 4. The number of alkyl halides is 3. The number of aliphatic imine (C=N–C) groups is 1. The van der Waals surface area contributed by atoms with E-state index in [0.717, 1.165) is 31.5 Å². The van der Waals surface area contributed by atoms with Gasteiger partial charge in [-0.05, 0) is 31.5 Å². The first-order chi connectivity index (χ1) is 14.1. The van der Waals surface area contributed by atoms with E-state index in [0.29, 0.717) is 29.0 Å². The van der Waals surface area contributed by atoms with Crippen LogP contribution in [0.15, 0.2) is 23.2 Å². The highest BCUT2D eigenvalue weighted by Crippen LogP contribution is 2.33. The molecule has 1 amide bonds. The summed E-state index contributed by atoms with van der Waals surface area (Å²) < 4.78 is 42.7. The zero-order chi connectivity index (χ0) is 22.3. The predicted molar refractivity (Wildman–Crippen MR) is 111 cm³/mol. The van der Waals surface area contributed by atoms with Crippen LogP contribution in [0.1, 0.15) is 13.3 Å². The standard InChI is InChI=1S/C19H27ClF3N5O2/c1-4-24-18(25-10-17(29)27(2)12-19(21,22)23)26-14-7-8-28(11-14)15-9-13(20)5-6-16(15)30-3/h5-6,9,14H,4,7-8,10-12H2,1-3H3,(H2,24,25,26). The number of rotatable bonds is 7. The second kappa shape index (κ2) is 10.6. The van der Waals surface area contributed by atoms with Crippen LogP contribution in [0.25, 0.3) is 0 Å². The van der Waals surface area contributed by atoms with E-state index >= 15 is 0 Å². The fourth-order valence-electron chi connectivity index (χ4n) is 3.15. The number of hydrogen-bond donors (Lipinski definition) is 2. The number of nitrogens with zero attached hydrogens (tertiary/aromatic N) is 3. The monoisotopic (exact) mass is 449 g/mol. The summed E-state index contributed by atoms with van der Waals surface area (Å²) in [6.45, 7) is 2.17. The fourth-order valence-corrected chi connectivity index (χ4v) is 3.31. The number of amides is 1. The van der Waals surface area contributed by atoms with E-state index in [4.69, 9.17) is 16.3 Å². The van der Waals surface area contributed by atoms with Gasteiger partial charge in [0.1, 0.15) is 18.8 Å². The first-order valence-corrected chi connectivity index (χ1v) is 9.94. The molecule has 1 fully saturated rings. The van der Waals surface area contributed by atoms with Gasteiger partial charge in [-0.15, -0.1) is 0 Å². The van der Waals surface area contributed by atoms with Gasteiger partial charge in [0.05, 0.1) is 12.8 Å². The number of carbonyl (C=O) groups excluding carboxylic acids is 1. The number of benzene rings is 1. The van der Waals surface area contributed by atoms with E-state index in [-0.39, 0.29) is 12.6 Å². The molecule has 1 unspecified atom stereocenters. The second-order valence-electron chi connectivity index (χ2n) is 6.95. The highest BCUT2D eigenvalue weighted by atomic mass is 35.5. The lowest BCUT2D eigenvalue weighted by Crippen LogP contribution is -2.45. The summed E-state index contributed by atoms with van der Waals surface area (Å²) in [4.78, 5) is 18.8. The lowest BCUT2D eigenvalue weighted by molar-refractivity contribution is -0.157. The van der Waals surface area contributed by atoms with E-state index < -0.39 is 18.6 Å². The van der Waals surface area contributed by atoms with Gasteiger partial charge in [0.25, 0.3) is 0 Å². The van der Waals surface area contributed by atoms with Gasteiger partial charge in [0.15, 0.2) is 5.96 Å². The molecule has 2 rings (SSSR count). The highest BCUT2D eigenvalue weighted by Gasteiger charge is 2.31. The number of hydrogen-bond acceptors (Lipinski definition) is 4. The third-order valence-electron chi connectivity index (χ3n) is 4.57. The van der Waals surface area contributed by atoms with Crippen molar-refractivity contribution in [2.24, 2.45) is 4.99 Å². The molecule has 1 aliphatic heterocycles. The zero-order valence-corrected chi connectivity index (χ0v) is 18.0. The lowest BCUT2D eigenvalue weighted by Gasteiger charge is -2.22. The molecule has 0 aliphatic carbocycles. The predicted octanol–water partition coefficient (Wildman–Crippen LogP) is 2.50. The summed E-state index contributed by atoms with van der Waals surface area (Å²) in [7, 11) is 2.71. The smallest absolute Gasteiger partial charge is 0.406 e. The Hall–Kier alpha value is -2.36. The maximum atomic E-state index is 12.4. The third-order valence-corrected chi connectivity index (χ3v) is 4.80. The van der Waals surface area contributed by atoms with Crippen molar-refractivity contribution >= 4 is 29.2 Å². The van der Waals surface area contributed by atoms with Crippen molar-refractivity contribution in [2.75, 3.05) is 51.8 Å². The topological polar surface area (TPSA) is 69.2 Å². The van der Waals surface area contributed by atoms with Crippen LogP contribution in [0.2, 0.25) is 5.02 Å². The van der Waals surface area contributed by atoms with Crippen LogP contribution in [-0.2, 0) is 4.79 Å². The van der Waals surface area contributed by atoms with E-state index in [1.807, 2.05) is 19.1 Å². The maximum Gasteiger partial charge on any atom is 0.406 e. The quantitative estimate of drug-likeness (QED) is 0.494. The van der Waals surface area contributed by atoms with Crippen molar-refractivity contribution in [1.29, 1.82) is 0 Å². The molecule has 0 spiro atoms. The molecule has 1 atom stereocenters. The Morgan fingerprint density at radius 3 is 2.80 bits per heavy atom. The van der Waals surface area contributed by atoms with Crippen molar-refractivity contribution in [3.63, 3.8) is 0 Å².